The summed E-state index contributed by atoms with van der Waals surface area (Å²) < 4.78 is 11.1. The van der Waals surface area contributed by atoms with Gasteiger partial charge in [-0.2, -0.15) is 0 Å². The van der Waals surface area contributed by atoms with Crippen LogP contribution in [0.4, 0.5) is 5.82 Å². The Morgan fingerprint density at radius 2 is 1.97 bits per heavy atom. The van der Waals surface area contributed by atoms with Gasteiger partial charge in [0.1, 0.15) is 11.3 Å². The van der Waals surface area contributed by atoms with Gasteiger partial charge < -0.3 is 20.2 Å². The molecule has 0 spiro atoms. The van der Waals surface area contributed by atoms with Crippen LogP contribution in [-0.2, 0) is 4.74 Å². The van der Waals surface area contributed by atoms with Gasteiger partial charge in [0, 0.05) is 49.7 Å². The molecule has 3 aromatic heterocycles. The van der Waals surface area contributed by atoms with Crippen molar-refractivity contribution < 1.29 is 13.9 Å². The first-order valence-corrected chi connectivity index (χ1v) is 10.8. The molecule has 1 saturated heterocycles. The topological polar surface area (TPSA) is 119 Å². The number of fused-ring (bicyclic) bond motifs is 1. The summed E-state index contributed by atoms with van der Waals surface area (Å²) in [6, 6.07) is 12.9. The van der Waals surface area contributed by atoms with Gasteiger partial charge in [0.25, 0.3) is 5.91 Å². The maximum Gasteiger partial charge on any atom is 0.251 e. The van der Waals surface area contributed by atoms with E-state index in [1.165, 1.54) is 0 Å². The van der Waals surface area contributed by atoms with Crippen molar-refractivity contribution in [2.24, 2.45) is 0 Å². The molecule has 4 heterocycles. The molecule has 9 nitrogen and oxygen atoms in total. The highest BCUT2D eigenvalue weighted by atomic mass is 16.5. The van der Waals surface area contributed by atoms with Gasteiger partial charge in [-0.15, -0.1) is 0 Å². The van der Waals surface area contributed by atoms with Crippen molar-refractivity contribution in [3.8, 4) is 22.6 Å². The Labute approximate surface area is 190 Å². The maximum atomic E-state index is 12.7. The molecular formula is C24H24N6O3. The van der Waals surface area contributed by atoms with Crippen LogP contribution in [0.3, 0.4) is 0 Å². The van der Waals surface area contributed by atoms with E-state index in [1.54, 1.807) is 24.5 Å². The van der Waals surface area contributed by atoms with Crippen LogP contribution in [0.2, 0.25) is 0 Å². The Morgan fingerprint density at radius 1 is 1.09 bits per heavy atom. The number of nitrogens with one attached hydrogen (secondary N) is 1. The molecule has 0 bridgehead atoms. The van der Waals surface area contributed by atoms with Crippen LogP contribution < -0.4 is 11.1 Å². The van der Waals surface area contributed by atoms with Crippen LogP contribution in [0.1, 0.15) is 10.4 Å². The lowest BCUT2D eigenvalue weighted by Gasteiger charge is -2.26. The minimum atomic E-state index is -0.112. The van der Waals surface area contributed by atoms with Gasteiger partial charge in [-0.3, -0.25) is 9.69 Å². The van der Waals surface area contributed by atoms with Crippen LogP contribution in [0.15, 0.2) is 59.3 Å². The van der Waals surface area contributed by atoms with E-state index in [2.05, 4.69) is 25.2 Å². The average molecular weight is 444 g/mol. The maximum absolute atomic E-state index is 12.7. The molecule has 0 aliphatic carbocycles. The number of hydrogen-bond donors (Lipinski definition) is 2. The summed E-state index contributed by atoms with van der Waals surface area (Å²) in [5.74, 6) is 0.550. The van der Waals surface area contributed by atoms with E-state index in [4.69, 9.17) is 14.9 Å². The second-order valence-corrected chi connectivity index (χ2v) is 7.79. The Balaban J connectivity index is 1.33. The summed E-state index contributed by atoms with van der Waals surface area (Å²) in [5, 5.41) is 3.00. The zero-order chi connectivity index (χ0) is 22.6. The summed E-state index contributed by atoms with van der Waals surface area (Å²) in [7, 11) is 0. The number of hydrogen-bond acceptors (Lipinski definition) is 8. The summed E-state index contributed by atoms with van der Waals surface area (Å²) >= 11 is 0. The lowest BCUT2D eigenvalue weighted by atomic mass is 10.0. The monoisotopic (exact) mass is 444 g/mol. The molecule has 0 saturated carbocycles. The fourth-order valence-electron chi connectivity index (χ4n) is 3.78. The van der Waals surface area contributed by atoms with Gasteiger partial charge in [0.15, 0.2) is 0 Å². The molecule has 1 aliphatic heterocycles. The van der Waals surface area contributed by atoms with Crippen molar-refractivity contribution >= 4 is 23.0 Å². The number of anilines is 1. The molecule has 1 amide bonds. The quantitative estimate of drug-likeness (QED) is 0.466. The number of aromatic nitrogens is 3. The van der Waals surface area contributed by atoms with Gasteiger partial charge in [-0.1, -0.05) is 12.1 Å². The normalized spacial score (nSPS) is 14.4. The van der Waals surface area contributed by atoms with Gasteiger partial charge in [0.2, 0.25) is 11.6 Å². The number of benzene rings is 1. The molecule has 0 radical (unpaired) electrons. The van der Waals surface area contributed by atoms with E-state index in [-0.39, 0.29) is 5.91 Å². The van der Waals surface area contributed by atoms with E-state index in [9.17, 15) is 4.79 Å². The van der Waals surface area contributed by atoms with Crippen molar-refractivity contribution in [3.63, 3.8) is 0 Å². The Hall–Kier alpha value is -3.82. The van der Waals surface area contributed by atoms with E-state index < -0.39 is 0 Å². The third-order valence-electron chi connectivity index (χ3n) is 5.59. The third kappa shape index (κ3) is 4.69. The molecule has 4 aromatic rings. The minimum absolute atomic E-state index is 0.112. The fourth-order valence-corrected chi connectivity index (χ4v) is 3.78. The van der Waals surface area contributed by atoms with Crippen LogP contribution >= 0.6 is 0 Å². The van der Waals surface area contributed by atoms with Gasteiger partial charge in [0.05, 0.1) is 18.8 Å². The molecule has 3 N–H and O–H groups in total. The predicted molar refractivity (Wildman–Crippen MR) is 124 cm³/mol. The van der Waals surface area contributed by atoms with Crippen molar-refractivity contribution in [3.05, 3.63) is 60.4 Å². The van der Waals surface area contributed by atoms with Crippen molar-refractivity contribution in [1.82, 2.24) is 25.2 Å². The smallest absolute Gasteiger partial charge is 0.251 e. The SMILES string of the molecule is Nc1ncc(-c2cccc(C(=O)NCCN3CCOCC3)c2)cc1-c1nc2cccnc2o1. The van der Waals surface area contributed by atoms with Crippen LogP contribution in [0, 0.1) is 0 Å². The van der Waals surface area contributed by atoms with Crippen molar-refractivity contribution in [1.29, 1.82) is 0 Å². The second kappa shape index (κ2) is 9.35. The molecule has 5 rings (SSSR count). The first-order valence-electron chi connectivity index (χ1n) is 10.8. The zero-order valence-electron chi connectivity index (χ0n) is 18.0. The second-order valence-electron chi connectivity index (χ2n) is 7.79. The molecule has 33 heavy (non-hydrogen) atoms. The molecule has 1 aliphatic rings. The predicted octanol–water partition coefficient (Wildman–Crippen LogP) is 2.60. The lowest BCUT2D eigenvalue weighted by molar-refractivity contribution is 0.0383. The summed E-state index contributed by atoms with van der Waals surface area (Å²) in [5.41, 5.74) is 10.00. The summed E-state index contributed by atoms with van der Waals surface area (Å²) in [6.07, 6.45) is 3.32. The number of amides is 1. The van der Waals surface area contributed by atoms with E-state index in [0.717, 1.165) is 44.0 Å². The number of oxazole rings is 1. The molecule has 168 valence electrons. The first kappa shape index (κ1) is 21.0. The molecule has 9 heteroatoms. The highest BCUT2D eigenvalue weighted by molar-refractivity contribution is 5.95. The number of nitrogens with zero attached hydrogens (tertiary/aromatic N) is 4. The number of carbonyl (C=O) groups excluding carboxylic acids is 1. The van der Waals surface area contributed by atoms with Crippen LogP contribution in [-0.4, -0.2) is 65.2 Å². The Kier molecular flexibility index (Phi) is 5.97. The summed E-state index contributed by atoms with van der Waals surface area (Å²) in [6.45, 7) is 4.67. The molecule has 1 aromatic carbocycles. The number of carbonyl (C=O) groups is 1. The van der Waals surface area contributed by atoms with E-state index >= 15 is 0 Å². The molecule has 0 atom stereocenters. The molecular weight excluding hydrogens is 420 g/mol. The number of ether oxygens (including phenoxy) is 1. The Bertz CT molecular complexity index is 1250. The first-order chi connectivity index (χ1) is 16.2. The lowest BCUT2D eigenvalue weighted by Crippen LogP contribution is -2.41. The van der Waals surface area contributed by atoms with Gasteiger partial charge >= 0.3 is 0 Å². The zero-order valence-corrected chi connectivity index (χ0v) is 18.0. The molecule has 0 unspecified atom stereocenters. The fraction of sp³-hybridized carbons (Fsp3) is 0.250. The highest BCUT2D eigenvalue weighted by Gasteiger charge is 2.15. The van der Waals surface area contributed by atoms with Gasteiger partial charge in [-0.25, -0.2) is 15.0 Å². The van der Waals surface area contributed by atoms with Crippen LogP contribution in [0.25, 0.3) is 33.8 Å². The largest absolute Gasteiger partial charge is 0.418 e. The number of nitrogens with two attached hydrogens (primary N) is 1. The number of pyridine rings is 2. The average Bonchev–Trinajstić information content (AvgIpc) is 3.29. The van der Waals surface area contributed by atoms with Crippen molar-refractivity contribution in [2.75, 3.05) is 45.1 Å². The molecule has 1 fully saturated rings. The van der Waals surface area contributed by atoms with E-state index in [0.29, 0.717) is 40.6 Å². The highest BCUT2D eigenvalue weighted by Crippen LogP contribution is 2.31. The number of nitrogen functional groups attached to an aromatic ring is 1. The van der Waals surface area contributed by atoms with Crippen molar-refractivity contribution in [2.45, 2.75) is 0 Å². The standard InChI is InChI=1S/C24H24N6O3/c25-21-19(23-29-20-5-2-6-27-24(20)33-23)14-18(15-28-21)16-3-1-4-17(13-16)22(31)26-7-8-30-9-11-32-12-10-30/h1-6,13-15H,7-12H2,(H2,25,28)(H,26,31). The van der Waals surface area contributed by atoms with Gasteiger partial charge in [-0.05, 0) is 35.9 Å². The summed E-state index contributed by atoms with van der Waals surface area (Å²) in [4.78, 5) is 27.9. The van der Waals surface area contributed by atoms with Crippen LogP contribution in [0.5, 0.6) is 0 Å². The third-order valence-corrected chi connectivity index (χ3v) is 5.59. The Morgan fingerprint density at radius 3 is 2.82 bits per heavy atom. The van der Waals surface area contributed by atoms with E-state index in [1.807, 2.05) is 30.3 Å². The number of rotatable bonds is 6. The number of morpholine rings is 1. The minimum Gasteiger partial charge on any atom is -0.418 e.